The molecule has 1 amide bonds. The lowest BCUT2D eigenvalue weighted by Crippen LogP contribution is -2.52. The van der Waals surface area contributed by atoms with Crippen molar-refractivity contribution in [2.24, 2.45) is 5.73 Å². The Hall–Kier alpha value is -1.59. The van der Waals surface area contributed by atoms with Crippen molar-refractivity contribution in [1.82, 2.24) is 4.90 Å². The zero-order valence-corrected chi connectivity index (χ0v) is 11.5. The summed E-state index contributed by atoms with van der Waals surface area (Å²) in [6, 6.07) is 7.60. The van der Waals surface area contributed by atoms with Crippen LogP contribution in [0.15, 0.2) is 24.3 Å². The highest BCUT2D eigenvalue weighted by Gasteiger charge is 2.26. The Morgan fingerprint density at radius 1 is 1.42 bits per heavy atom. The average molecular weight is 263 g/mol. The minimum Gasteiger partial charge on any atom is -0.378 e. The molecule has 5 heteroatoms. The number of nitrogens with two attached hydrogens (primary N) is 1. The van der Waals surface area contributed by atoms with Crippen LogP contribution < -0.4 is 10.6 Å². The van der Waals surface area contributed by atoms with Crippen molar-refractivity contribution in [1.29, 1.82) is 0 Å². The monoisotopic (exact) mass is 263 g/mol. The molecule has 19 heavy (non-hydrogen) atoms. The van der Waals surface area contributed by atoms with Crippen molar-refractivity contribution in [3.8, 4) is 0 Å². The average Bonchev–Trinajstić information content (AvgIpc) is 2.46. The molecule has 5 nitrogen and oxygen atoms in total. The number of rotatable bonds is 3. The Labute approximate surface area is 113 Å². The van der Waals surface area contributed by atoms with E-state index < -0.39 is 0 Å². The van der Waals surface area contributed by atoms with Gasteiger partial charge in [0.2, 0.25) is 0 Å². The van der Waals surface area contributed by atoms with Crippen LogP contribution in [0.1, 0.15) is 10.4 Å². The smallest absolute Gasteiger partial charge is 0.254 e. The molecule has 0 aliphatic carbocycles. The van der Waals surface area contributed by atoms with Crippen LogP contribution in [0.2, 0.25) is 0 Å². The lowest BCUT2D eigenvalue weighted by atomic mass is 10.1. The standard InChI is InChI=1S/C14H21N3O2/c1-16(2)12-5-3-11(4-6-12)14(18)17-7-8-19-10-13(17)9-15/h3-6,13H,7-10,15H2,1-2H3. The Kier molecular flexibility index (Phi) is 4.39. The fourth-order valence-corrected chi connectivity index (χ4v) is 2.19. The predicted molar refractivity (Wildman–Crippen MR) is 75.5 cm³/mol. The number of ether oxygens (including phenoxy) is 1. The van der Waals surface area contributed by atoms with E-state index in [0.717, 1.165) is 5.69 Å². The molecule has 104 valence electrons. The lowest BCUT2D eigenvalue weighted by Gasteiger charge is -2.35. The molecule has 0 radical (unpaired) electrons. The van der Waals surface area contributed by atoms with Crippen LogP contribution in [-0.2, 0) is 4.74 Å². The van der Waals surface area contributed by atoms with Gasteiger partial charge in [0.05, 0.1) is 19.3 Å². The molecule has 0 bridgehead atoms. The van der Waals surface area contributed by atoms with Gasteiger partial charge in [-0.25, -0.2) is 0 Å². The van der Waals surface area contributed by atoms with Crippen LogP contribution in [0.4, 0.5) is 5.69 Å². The first-order valence-corrected chi connectivity index (χ1v) is 6.49. The second kappa shape index (κ2) is 6.04. The van der Waals surface area contributed by atoms with Gasteiger partial charge in [-0.1, -0.05) is 0 Å². The van der Waals surface area contributed by atoms with E-state index in [2.05, 4.69) is 0 Å². The minimum absolute atomic E-state index is 0.0187. The Morgan fingerprint density at radius 3 is 2.68 bits per heavy atom. The van der Waals surface area contributed by atoms with E-state index in [1.165, 1.54) is 0 Å². The first-order valence-electron chi connectivity index (χ1n) is 6.49. The highest BCUT2D eigenvalue weighted by molar-refractivity contribution is 5.94. The molecule has 0 saturated carbocycles. The third-order valence-corrected chi connectivity index (χ3v) is 3.39. The number of hydrogen-bond donors (Lipinski definition) is 1. The predicted octanol–water partition coefficient (Wildman–Crippen LogP) is 0.552. The van der Waals surface area contributed by atoms with Crippen LogP contribution in [0.3, 0.4) is 0 Å². The number of amides is 1. The van der Waals surface area contributed by atoms with E-state index in [0.29, 0.717) is 31.9 Å². The van der Waals surface area contributed by atoms with Gasteiger partial charge in [-0.2, -0.15) is 0 Å². The van der Waals surface area contributed by atoms with Crippen LogP contribution in [0.25, 0.3) is 0 Å². The summed E-state index contributed by atoms with van der Waals surface area (Å²) >= 11 is 0. The fourth-order valence-electron chi connectivity index (χ4n) is 2.19. The van der Waals surface area contributed by atoms with Gasteiger partial charge in [0.15, 0.2) is 0 Å². The van der Waals surface area contributed by atoms with Crippen molar-refractivity contribution in [3.63, 3.8) is 0 Å². The number of carbonyl (C=O) groups is 1. The minimum atomic E-state index is -0.0187. The Bertz CT molecular complexity index is 431. The maximum absolute atomic E-state index is 12.5. The number of anilines is 1. The van der Waals surface area contributed by atoms with Crippen molar-refractivity contribution < 1.29 is 9.53 Å². The van der Waals surface area contributed by atoms with E-state index in [9.17, 15) is 4.79 Å². The van der Waals surface area contributed by atoms with E-state index in [-0.39, 0.29) is 11.9 Å². The summed E-state index contributed by atoms with van der Waals surface area (Å²) in [5.41, 5.74) is 7.47. The van der Waals surface area contributed by atoms with Crippen LogP contribution in [-0.4, -0.2) is 57.2 Å². The van der Waals surface area contributed by atoms with Gasteiger partial charge in [0.1, 0.15) is 0 Å². The largest absolute Gasteiger partial charge is 0.378 e. The van der Waals surface area contributed by atoms with Gasteiger partial charge >= 0.3 is 0 Å². The molecule has 2 N–H and O–H groups in total. The molecule has 1 atom stereocenters. The number of hydrogen-bond acceptors (Lipinski definition) is 4. The summed E-state index contributed by atoms with van der Waals surface area (Å²) in [4.78, 5) is 16.3. The van der Waals surface area contributed by atoms with E-state index in [4.69, 9.17) is 10.5 Å². The number of benzene rings is 1. The molecule has 1 aliphatic heterocycles. The normalized spacial score (nSPS) is 19.3. The first kappa shape index (κ1) is 13.8. The van der Waals surface area contributed by atoms with E-state index in [1.807, 2.05) is 48.2 Å². The SMILES string of the molecule is CN(C)c1ccc(C(=O)N2CCOCC2CN)cc1. The van der Waals surface area contributed by atoms with Crippen molar-refractivity contribution >= 4 is 11.6 Å². The molecule has 1 heterocycles. The third-order valence-electron chi connectivity index (χ3n) is 3.39. The second-order valence-electron chi connectivity index (χ2n) is 4.90. The molecule has 1 fully saturated rings. The van der Waals surface area contributed by atoms with Gasteiger partial charge in [0, 0.05) is 38.4 Å². The summed E-state index contributed by atoms with van der Waals surface area (Å²) in [5, 5.41) is 0. The van der Waals surface area contributed by atoms with Crippen molar-refractivity contribution in [3.05, 3.63) is 29.8 Å². The van der Waals surface area contributed by atoms with Gasteiger partial charge in [-0.05, 0) is 24.3 Å². The van der Waals surface area contributed by atoms with Gasteiger partial charge < -0.3 is 20.3 Å². The van der Waals surface area contributed by atoms with Crippen LogP contribution in [0.5, 0.6) is 0 Å². The lowest BCUT2D eigenvalue weighted by molar-refractivity contribution is 0.000841. The molecule has 0 aromatic heterocycles. The third kappa shape index (κ3) is 3.05. The van der Waals surface area contributed by atoms with Crippen LogP contribution >= 0.6 is 0 Å². The highest BCUT2D eigenvalue weighted by atomic mass is 16.5. The van der Waals surface area contributed by atoms with Crippen molar-refractivity contribution in [2.75, 3.05) is 45.3 Å². The maximum atomic E-state index is 12.5. The first-order chi connectivity index (χ1) is 9.13. The van der Waals surface area contributed by atoms with E-state index >= 15 is 0 Å². The second-order valence-corrected chi connectivity index (χ2v) is 4.90. The highest BCUT2D eigenvalue weighted by Crippen LogP contribution is 2.16. The zero-order chi connectivity index (χ0) is 13.8. The summed E-state index contributed by atoms with van der Waals surface area (Å²) in [5.74, 6) is 0.0315. The molecule has 2 rings (SSSR count). The summed E-state index contributed by atoms with van der Waals surface area (Å²) < 4.78 is 5.36. The van der Waals surface area contributed by atoms with Gasteiger partial charge in [-0.15, -0.1) is 0 Å². The quantitative estimate of drug-likeness (QED) is 0.865. The molecule has 1 aromatic rings. The molecule has 0 spiro atoms. The molecular weight excluding hydrogens is 242 g/mol. The molecule has 1 aliphatic rings. The van der Waals surface area contributed by atoms with Gasteiger partial charge in [0.25, 0.3) is 5.91 Å². The molecule has 1 saturated heterocycles. The fraction of sp³-hybridized carbons (Fsp3) is 0.500. The molecular formula is C14H21N3O2. The zero-order valence-electron chi connectivity index (χ0n) is 11.5. The summed E-state index contributed by atoms with van der Waals surface area (Å²) in [6.45, 7) is 2.15. The number of morpholine rings is 1. The topological polar surface area (TPSA) is 58.8 Å². The molecule has 1 aromatic carbocycles. The summed E-state index contributed by atoms with van der Waals surface area (Å²) in [6.07, 6.45) is 0. The maximum Gasteiger partial charge on any atom is 0.254 e. The Morgan fingerprint density at radius 2 is 2.11 bits per heavy atom. The van der Waals surface area contributed by atoms with Crippen LogP contribution in [0, 0.1) is 0 Å². The number of nitrogens with zero attached hydrogens (tertiary/aromatic N) is 2. The summed E-state index contributed by atoms with van der Waals surface area (Å²) in [7, 11) is 3.95. The van der Waals surface area contributed by atoms with E-state index in [1.54, 1.807) is 0 Å². The Balaban J connectivity index is 2.13. The van der Waals surface area contributed by atoms with Gasteiger partial charge in [-0.3, -0.25) is 4.79 Å². The molecule has 1 unspecified atom stereocenters. The van der Waals surface area contributed by atoms with Crippen molar-refractivity contribution in [2.45, 2.75) is 6.04 Å². The number of carbonyl (C=O) groups excluding carboxylic acids is 1.